The Balaban J connectivity index is 1.91. The third-order valence-electron chi connectivity index (χ3n) is 5.58. The van der Waals surface area contributed by atoms with E-state index in [0.29, 0.717) is 17.3 Å². The number of nitrogens with zero attached hydrogens (tertiary/aromatic N) is 2. The van der Waals surface area contributed by atoms with Gasteiger partial charge in [-0.1, -0.05) is 26.7 Å². The molecule has 1 aliphatic heterocycles. The van der Waals surface area contributed by atoms with Crippen molar-refractivity contribution in [1.82, 2.24) is 15.5 Å². The van der Waals surface area contributed by atoms with Gasteiger partial charge in [0.2, 0.25) is 0 Å². The lowest BCUT2D eigenvalue weighted by atomic mass is 9.95. The highest BCUT2D eigenvalue weighted by molar-refractivity contribution is 7.85. The molecule has 1 saturated carbocycles. The standard InChI is InChI=1S/C19H38N4OS/c1-4-20-19(21-15-17-11-7-8-13-23(17)5-2)22-16-10-9-12-18(14-16)25(24)6-3/h16-18H,4-15H2,1-3H3,(H2,20,21,22). The van der Waals surface area contributed by atoms with Crippen molar-refractivity contribution in [2.24, 2.45) is 4.99 Å². The molecule has 4 atom stereocenters. The number of likely N-dealkylation sites (tertiary alicyclic amines) is 1. The molecule has 0 spiro atoms. The van der Waals surface area contributed by atoms with Gasteiger partial charge in [0.1, 0.15) is 0 Å². The molecule has 1 heterocycles. The Morgan fingerprint density at radius 2 is 2.00 bits per heavy atom. The molecule has 2 fully saturated rings. The molecular weight excluding hydrogens is 332 g/mol. The Kier molecular flexibility index (Phi) is 9.24. The van der Waals surface area contributed by atoms with Gasteiger partial charge in [-0.05, 0) is 52.1 Å². The van der Waals surface area contributed by atoms with Crippen LogP contribution < -0.4 is 10.6 Å². The van der Waals surface area contributed by atoms with E-state index in [1.807, 2.05) is 6.92 Å². The Morgan fingerprint density at radius 3 is 2.72 bits per heavy atom. The molecule has 0 amide bonds. The maximum atomic E-state index is 12.2. The number of aliphatic imine (C=N–C) groups is 1. The van der Waals surface area contributed by atoms with Crippen molar-refractivity contribution in [2.75, 3.05) is 31.9 Å². The predicted molar refractivity (Wildman–Crippen MR) is 109 cm³/mol. The summed E-state index contributed by atoms with van der Waals surface area (Å²) in [5, 5.41) is 7.38. The third kappa shape index (κ3) is 6.55. The van der Waals surface area contributed by atoms with Crippen molar-refractivity contribution in [3.8, 4) is 0 Å². The quantitative estimate of drug-likeness (QED) is 0.534. The Labute approximate surface area is 156 Å². The lowest BCUT2D eigenvalue weighted by Gasteiger charge is -2.34. The van der Waals surface area contributed by atoms with Crippen molar-refractivity contribution in [3.05, 3.63) is 0 Å². The molecule has 25 heavy (non-hydrogen) atoms. The molecule has 2 N–H and O–H groups in total. The van der Waals surface area contributed by atoms with Crippen LogP contribution in [0.15, 0.2) is 4.99 Å². The van der Waals surface area contributed by atoms with Crippen molar-refractivity contribution in [3.63, 3.8) is 0 Å². The van der Waals surface area contributed by atoms with Gasteiger partial charge in [-0.3, -0.25) is 14.1 Å². The smallest absolute Gasteiger partial charge is 0.191 e. The third-order valence-corrected chi connectivity index (χ3v) is 7.32. The zero-order valence-electron chi connectivity index (χ0n) is 16.4. The van der Waals surface area contributed by atoms with Gasteiger partial charge in [-0.25, -0.2) is 0 Å². The van der Waals surface area contributed by atoms with Crippen LogP contribution in [0.1, 0.15) is 65.7 Å². The van der Waals surface area contributed by atoms with Crippen LogP contribution in [0.4, 0.5) is 0 Å². The summed E-state index contributed by atoms with van der Waals surface area (Å²) < 4.78 is 12.2. The fourth-order valence-electron chi connectivity index (χ4n) is 4.14. The van der Waals surface area contributed by atoms with Gasteiger partial charge < -0.3 is 10.6 Å². The second kappa shape index (κ2) is 11.2. The molecule has 6 heteroatoms. The van der Waals surface area contributed by atoms with Crippen molar-refractivity contribution in [1.29, 1.82) is 0 Å². The minimum atomic E-state index is -0.673. The van der Waals surface area contributed by atoms with Crippen LogP contribution in [-0.2, 0) is 10.8 Å². The maximum absolute atomic E-state index is 12.2. The molecule has 0 aromatic heterocycles. The minimum absolute atomic E-state index is 0.355. The largest absolute Gasteiger partial charge is 0.357 e. The lowest BCUT2D eigenvalue weighted by molar-refractivity contribution is 0.161. The Morgan fingerprint density at radius 1 is 1.16 bits per heavy atom. The molecule has 1 saturated heterocycles. The van der Waals surface area contributed by atoms with Gasteiger partial charge in [-0.2, -0.15) is 0 Å². The summed E-state index contributed by atoms with van der Waals surface area (Å²) in [7, 11) is -0.673. The highest BCUT2D eigenvalue weighted by Crippen LogP contribution is 2.23. The second-order valence-electron chi connectivity index (χ2n) is 7.30. The van der Waals surface area contributed by atoms with Crippen molar-refractivity contribution >= 4 is 16.8 Å². The lowest BCUT2D eigenvalue weighted by Crippen LogP contribution is -2.47. The first-order valence-electron chi connectivity index (χ1n) is 10.3. The van der Waals surface area contributed by atoms with E-state index in [4.69, 9.17) is 4.99 Å². The second-order valence-corrected chi connectivity index (χ2v) is 9.30. The summed E-state index contributed by atoms with van der Waals surface area (Å²) in [6, 6.07) is 0.988. The van der Waals surface area contributed by atoms with E-state index in [1.54, 1.807) is 0 Å². The van der Waals surface area contributed by atoms with E-state index >= 15 is 0 Å². The predicted octanol–water partition coefficient (Wildman–Crippen LogP) is 2.50. The number of rotatable bonds is 7. The number of hydrogen-bond donors (Lipinski definition) is 2. The van der Waals surface area contributed by atoms with Gasteiger partial charge in [-0.15, -0.1) is 0 Å². The molecular formula is C19H38N4OS. The van der Waals surface area contributed by atoms with Crippen molar-refractivity contribution in [2.45, 2.75) is 83.1 Å². The Bertz CT molecular complexity index is 443. The first kappa shape index (κ1) is 20.7. The summed E-state index contributed by atoms with van der Waals surface area (Å²) in [4.78, 5) is 7.46. The van der Waals surface area contributed by atoms with E-state index < -0.39 is 10.8 Å². The van der Waals surface area contributed by atoms with E-state index in [2.05, 4.69) is 29.4 Å². The molecule has 0 aromatic rings. The SMILES string of the molecule is CCNC(=NCC1CCCCN1CC)NC1CCCC(S(=O)CC)C1. The normalized spacial score (nSPS) is 30.0. The van der Waals surface area contributed by atoms with Gasteiger partial charge in [0.05, 0.1) is 6.54 Å². The first-order chi connectivity index (χ1) is 12.2. The zero-order chi connectivity index (χ0) is 18.1. The molecule has 5 nitrogen and oxygen atoms in total. The van der Waals surface area contributed by atoms with Crippen LogP contribution >= 0.6 is 0 Å². The number of nitrogens with one attached hydrogen (secondary N) is 2. The summed E-state index contributed by atoms with van der Waals surface area (Å²) >= 11 is 0. The van der Waals surface area contributed by atoms with Crippen LogP contribution in [0.5, 0.6) is 0 Å². The van der Waals surface area contributed by atoms with E-state index in [-0.39, 0.29) is 0 Å². The van der Waals surface area contributed by atoms with Crippen LogP contribution in [0, 0.1) is 0 Å². The van der Waals surface area contributed by atoms with Crippen LogP contribution in [0.25, 0.3) is 0 Å². The van der Waals surface area contributed by atoms with Crippen molar-refractivity contribution < 1.29 is 4.21 Å². The monoisotopic (exact) mass is 370 g/mol. The van der Waals surface area contributed by atoms with Gasteiger partial charge in [0.15, 0.2) is 5.96 Å². The average molecular weight is 371 g/mol. The highest BCUT2D eigenvalue weighted by Gasteiger charge is 2.26. The van der Waals surface area contributed by atoms with E-state index in [0.717, 1.165) is 50.6 Å². The van der Waals surface area contributed by atoms with Crippen LogP contribution in [0.2, 0.25) is 0 Å². The van der Waals surface area contributed by atoms with E-state index in [9.17, 15) is 4.21 Å². The fourth-order valence-corrected chi connectivity index (χ4v) is 5.49. The van der Waals surface area contributed by atoms with E-state index in [1.165, 1.54) is 32.2 Å². The molecule has 2 rings (SSSR count). The molecule has 146 valence electrons. The number of hydrogen-bond acceptors (Lipinski definition) is 3. The number of likely N-dealkylation sites (N-methyl/N-ethyl adjacent to an activating group) is 1. The zero-order valence-corrected chi connectivity index (χ0v) is 17.2. The topological polar surface area (TPSA) is 56.7 Å². The van der Waals surface area contributed by atoms with Gasteiger partial charge >= 0.3 is 0 Å². The summed E-state index contributed by atoms with van der Waals surface area (Å²) in [5.41, 5.74) is 0. The Hall–Kier alpha value is -0.620. The minimum Gasteiger partial charge on any atom is -0.357 e. The molecule has 2 aliphatic rings. The molecule has 0 aromatic carbocycles. The summed E-state index contributed by atoms with van der Waals surface area (Å²) in [5.74, 6) is 1.72. The van der Waals surface area contributed by atoms with Gasteiger partial charge in [0, 0.05) is 40.4 Å². The summed E-state index contributed by atoms with van der Waals surface area (Å²) in [6.45, 7) is 10.5. The molecule has 0 radical (unpaired) electrons. The van der Waals surface area contributed by atoms with Crippen LogP contribution in [-0.4, -0.2) is 64.3 Å². The summed E-state index contributed by atoms with van der Waals surface area (Å²) in [6.07, 6.45) is 8.36. The molecule has 0 bridgehead atoms. The number of piperidine rings is 1. The fraction of sp³-hybridized carbons (Fsp3) is 0.947. The number of guanidine groups is 1. The highest BCUT2D eigenvalue weighted by atomic mass is 32.2. The van der Waals surface area contributed by atoms with Gasteiger partial charge in [0.25, 0.3) is 0 Å². The molecule has 4 unspecified atom stereocenters. The van der Waals surface area contributed by atoms with Crippen LogP contribution in [0.3, 0.4) is 0 Å². The first-order valence-corrected chi connectivity index (χ1v) is 11.7. The average Bonchev–Trinajstić information content (AvgIpc) is 2.66. The molecule has 1 aliphatic carbocycles. The maximum Gasteiger partial charge on any atom is 0.191 e.